The van der Waals surface area contributed by atoms with Crippen LogP contribution in [-0.4, -0.2) is 37.4 Å². The molecule has 0 saturated heterocycles. The molecule has 7 heteroatoms. The number of carbonyl (C=O) groups excluding carboxylic acids is 1. The van der Waals surface area contributed by atoms with Crippen LogP contribution in [0, 0.1) is 13.8 Å². The third-order valence-electron chi connectivity index (χ3n) is 4.00. The number of benzene rings is 1. The maximum atomic E-state index is 12.4. The lowest BCUT2D eigenvalue weighted by molar-refractivity contribution is 0.202. The van der Waals surface area contributed by atoms with E-state index in [0.717, 1.165) is 16.9 Å². The van der Waals surface area contributed by atoms with E-state index in [1.54, 1.807) is 26.2 Å². The summed E-state index contributed by atoms with van der Waals surface area (Å²) in [6.07, 6.45) is 0. The topological polar surface area (TPSA) is 76.8 Å². The van der Waals surface area contributed by atoms with Crippen LogP contribution in [0.4, 0.5) is 4.79 Å². The summed E-state index contributed by atoms with van der Waals surface area (Å²) >= 11 is 0. The second-order valence-corrected chi connectivity index (χ2v) is 6.02. The Morgan fingerprint density at radius 3 is 2.44 bits per heavy atom. The summed E-state index contributed by atoms with van der Waals surface area (Å²) in [4.78, 5) is 14.0. The highest BCUT2D eigenvalue weighted by atomic mass is 16.5. The van der Waals surface area contributed by atoms with E-state index in [0.29, 0.717) is 23.7 Å². The van der Waals surface area contributed by atoms with Crippen LogP contribution < -0.4 is 14.8 Å². The zero-order valence-corrected chi connectivity index (χ0v) is 15.5. The van der Waals surface area contributed by atoms with Crippen LogP contribution >= 0.6 is 0 Å². The van der Waals surface area contributed by atoms with Crippen molar-refractivity contribution < 1.29 is 18.8 Å². The molecule has 0 saturated carbocycles. The third kappa shape index (κ3) is 4.43. The van der Waals surface area contributed by atoms with Gasteiger partial charge in [0.15, 0.2) is 11.5 Å². The van der Waals surface area contributed by atoms with Gasteiger partial charge in [0.25, 0.3) is 0 Å². The Morgan fingerprint density at radius 2 is 1.88 bits per heavy atom. The largest absolute Gasteiger partial charge is 0.493 e. The molecule has 1 heterocycles. The first kappa shape index (κ1) is 18.6. The van der Waals surface area contributed by atoms with Crippen molar-refractivity contribution in [3.8, 4) is 11.5 Å². The van der Waals surface area contributed by atoms with Gasteiger partial charge in [0.05, 0.1) is 26.8 Å². The SMILES string of the molecule is COc1cc(C)c(C(C)NC(=O)N(C)Cc2cc(C)on2)cc1OC. The van der Waals surface area contributed by atoms with Gasteiger partial charge in [-0.25, -0.2) is 4.79 Å². The van der Waals surface area contributed by atoms with E-state index < -0.39 is 0 Å². The molecule has 25 heavy (non-hydrogen) atoms. The summed E-state index contributed by atoms with van der Waals surface area (Å²) in [7, 11) is 4.91. The summed E-state index contributed by atoms with van der Waals surface area (Å²) in [6, 6.07) is 5.22. The van der Waals surface area contributed by atoms with Crippen molar-refractivity contribution >= 4 is 6.03 Å². The fourth-order valence-electron chi connectivity index (χ4n) is 2.64. The average molecular weight is 347 g/mol. The van der Waals surface area contributed by atoms with Crippen LogP contribution in [0.15, 0.2) is 22.7 Å². The first-order chi connectivity index (χ1) is 11.8. The standard InChI is InChI=1S/C18H25N3O4/c1-11-7-16(23-5)17(24-6)9-15(11)13(3)19-18(22)21(4)10-14-8-12(2)25-20-14/h7-9,13H,10H2,1-6H3,(H,19,22). The predicted molar refractivity (Wildman–Crippen MR) is 93.9 cm³/mol. The van der Waals surface area contributed by atoms with Gasteiger partial charge in [-0.1, -0.05) is 5.16 Å². The molecule has 0 bridgehead atoms. The molecule has 0 fully saturated rings. The zero-order valence-electron chi connectivity index (χ0n) is 15.5. The van der Waals surface area contributed by atoms with Gasteiger partial charge in [0, 0.05) is 13.1 Å². The highest BCUT2D eigenvalue weighted by Crippen LogP contribution is 2.32. The van der Waals surface area contributed by atoms with Crippen LogP contribution in [0.5, 0.6) is 11.5 Å². The number of urea groups is 1. The number of hydrogen-bond donors (Lipinski definition) is 1. The van der Waals surface area contributed by atoms with E-state index in [1.165, 1.54) is 0 Å². The third-order valence-corrected chi connectivity index (χ3v) is 4.00. The highest BCUT2D eigenvalue weighted by molar-refractivity contribution is 5.74. The van der Waals surface area contributed by atoms with Crippen molar-refractivity contribution in [3.63, 3.8) is 0 Å². The lowest BCUT2D eigenvalue weighted by Gasteiger charge is -2.23. The number of methoxy groups -OCH3 is 2. The van der Waals surface area contributed by atoms with Crippen molar-refractivity contribution in [2.75, 3.05) is 21.3 Å². The first-order valence-corrected chi connectivity index (χ1v) is 8.02. The number of hydrogen-bond acceptors (Lipinski definition) is 5. The molecule has 0 spiro atoms. The number of nitrogens with zero attached hydrogens (tertiary/aromatic N) is 2. The Kier molecular flexibility index (Phi) is 5.90. The van der Waals surface area contributed by atoms with Crippen LogP contribution in [0.3, 0.4) is 0 Å². The number of amides is 2. The molecule has 1 N–H and O–H groups in total. The molecule has 1 aromatic heterocycles. The van der Waals surface area contributed by atoms with Crippen LogP contribution in [0.2, 0.25) is 0 Å². The molecule has 0 aliphatic rings. The number of nitrogens with one attached hydrogen (secondary N) is 1. The molecule has 0 radical (unpaired) electrons. The molecule has 2 aromatic rings. The van der Waals surface area contributed by atoms with Gasteiger partial charge in [-0.05, 0) is 44.0 Å². The number of aromatic nitrogens is 1. The van der Waals surface area contributed by atoms with Crippen molar-refractivity contribution in [2.45, 2.75) is 33.4 Å². The maximum Gasteiger partial charge on any atom is 0.317 e. The second kappa shape index (κ2) is 7.92. The van der Waals surface area contributed by atoms with Crippen molar-refractivity contribution in [2.24, 2.45) is 0 Å². The predicted octanol–water partition coefficient (Wildman–Crippen LogP) is 3.21. The van der Waals surface area contributed by atoms with Gasteiger partial charge in [0.2, 0.25) is 0 Å². The fourth-order valence-corrected chi connectivity index (χ4v) is 2.64. The Hall–Kier alpha value is -2.70. The van der Waals surface area contributed by atoms with Crippen molar-refractivity contribution in [1.29, 1.82) is 0 Å². The van der Waals surface area contributed by atoms with Gasteiger partial charge in [-0.15, -0.1) is 0 Å². The van der Waals surface area contributed by atoms with Crippen LogP contribution in [0.1, 0.15) is 35.5 Å². The van der Waals surface area contributed by atoms with Crippen molar-refractivity contribution in [1.82, 2.24) is 15.4 Å². The summed E-state index contributed by atoms with van der Waals surface area (Å²) in [6.45, 7) is 6.10. The summed E-state index contributed by atoms with van der Waals surface area (Å²) in [5.41, 5.74) is 2.70. The van der Waals surface area contributed by atoms with Crippen molar-refractivity contribution in [3.05, 3.63) is 40.8 Å². The Bertz CT molecular complexity index is 742. The Labute approximate surface area is 147 Å². The maximum absolute atomic E-state index is 12.4. The fraction of sp³-hybridized carbons (Fsp3) is 0.444. The normalized spacial score (nSPS) is 11.8. The van der Waals surface area contributed by atoms with Gasteiger partial charge < -0.3 is 24.2 Å². The molecular formula is C18H25N3O4. The number of carbonyl (C=O) groups is 1. The average Bonchev–Trinajstić information content (AvgIpc) is 2.98. The van der Waals surface area contributed by atoms with E-state index >= 15 is 0 Å². The monoisotopic (exact) mass is 347 g/mol. The minimum Gasteiger partial charge on any atom is -0.493 e. The smallest absolute Gasteiger partial charge is 0.317 e. The van der Waals surface area contributed by atoms with E-state index in [4.69, 9.17) is 14.0 Å². The molecule has 7 nitrogen and oxygen atoms in total. The number of rotatable bonds is 6. The molecule has 1 atom stereocenters. The minimum absolute atomic E-state index is 0.186. The molecular weight excluding hydrogens is 322 g/mol. The van der Waals surface area contributed by atoms with Crippen LogP contribution in [0.25, 0.3) is 0 Å². The quantitative estimate of drug-likeness (QED) is 0.868. The van der Waals surface area contributed by atoms with Gasteiger partial charge >= 0.3 is 6.03 Å². The molecule has 136 valence electrons. The lowest BCUT2D eigenvalue weighted by Crippen LogP contribution is -2.38. The Balaban J connectivity index is 2.07. The van der Waals surface area contributed by atoms with Crippen LogP contribution in [-0.2, 0) is 6.54 Å². The molecule has 0 aliphatic heterocycles. The highest BCUT2D eigenvalue weighted by Gasteiger charge is 2.18. The van der Waals surface area contributed by atoms with E-state index in [1.807, 2.05) is 39.0 Å². The molecule has 2 rings (SSSR count). The van der Waals surface area contributed by atoms with Gasteiger partial charge in [0.1, 0.15) is 11.5 Å². The minimum atomic E-state index is -0.192. The summed E-state index contributed by atoms with van der Waals surface area (Å²) < 4.78 is 15.7. The molecule has 1 unspecified atom stereocenters. The lowest BCUT2D eigenvalue weighted by atomic mass is 10.0. The van der Waals surface area contributed by atoms with Gasteiger partial charge in [-0.3, -0.25) is 0 Å². The van der Waals surface area contributed by atoms with E-state index in [2.05, 4.69) is 10.5 Å². The number of ether oxygens (including phenoxy) is 2. The zero-order chi connectivity index (χ0) is 18.6. The Morgan fingerprint density at radius 1 is 1.24 bits per heavy atom. The van der Waals surface area contributed by atoms with Gasteiger partial charge in [-0.2, -0.15) is 0 Å². The molecule has 1 aromatic carbocycles. The summed E-state index contributed by atoms with van der Waals surface area (Å²) in [5.74, 6) is 2.02. The number of aryl methyl sites for hydroxylation is 2. The first-order valence-electron chi connectivity index (χ1n) is 8.02. The molecule has 0 aliphatic carbocycles. The second-order valence-electron chi connectivity index (χ2n) is 6.02. The van der Waals surface area contributed by atoms with E-state index in [-0.39, 0.29) is 12.1 Å². The molecule has 2 amide bonds. The summed E-state index contributed by atoms with van der Waals surface area (Å²) in [5, 5.41) is 6.89. The van der Waals surface area contributed by atoms with E-state index in [9.17, 15) is 4.79 Å².